The summed E-state index contributed by atoms with van der Waals surface area (Å²) in [6, 6.07) is 0. The van der Waals surface area contributed by atoms with Gasteiger partial charge in [0.2, 0.25) is 5.95 Å². The van der Waals surface area contributed by atoms with Crippen molar-refractivity contribution in [1.82, 2.24) is 19.5 Å². The number of imidazole rings is 1. The number of nitrogens with zero attached hydrogens (tertiary/aromatic N) is 3. The Labute approximate surface area is 139 Å². The number of carboxylic acids is 1. The van der Waals surface area contributed by atoms with Gasteiger partial charge in [0, 0.05) is 0 Å². The first-order valence-corrected chi connectivity index (χ1v) is 7.06. The smallest absolute Gasteiger partial charge is 0.317 e. The van der Waals surface area contributed by atoms with E-state index in [1.807, 2.05) is 0 Å². The summed E-state index contributed by atoms with van der Waals surface area (Å²) in [6.07, 6.45) is -3.21. The minimum Gasteiger partial charge on any atom is -0.480 e. The van der Waals surface area contributed by atoms with E-state index in [-0.39, 0.29) is 23.7 Å². The maximum atomic E-state index is 11.7. The molecule has 1 saturated heterocycles. The first-order valence-electron chi connectivity index (χ1n) is 7.06. The number of carboxylic acid groups (broad SMARTS) is 1. The highest BCUT2D eigenvalue weighted by atomic mass is 16.6. The van der Waals surface area contributed by atoms with Crippen molar-refractivity contribution in [2.45, 2.75) is 24.5 Å². The first-order chi connectivity index (χ1) is 11.8. The van der Waals surface area contributed by atoms with E-state index in [9.17, 15) is 19.8 Å². The third kappa shape index (κ3) is 3.75. The number of aromatic nitrogens is 4. The molecule has 0 saturated carbocycles. The normalized spacial score (nSPS) is 25.6. The number of hydrogen-bond acceptors (Lipinski definition) is 10. The molecule has 0 spiro atoms. The van der Waals surface area contributed by atoms with Gasteiger partial charge in [0.05, 0.1) is 19.5 Å². The summed E-state index contributed by atoms with van der Waals surface area (Å²) in [4.78, 5) is 31.0. The third-order valence-electron chi connectivity index (χ3n) is 3.42. The van der Waals surface area contributed by atoms with Crippen LogP contribution in [0.15, 0.2) is 11.1 Å². The van der Waals surface area contributed by atoms with Crippen molar-refractivity contribution in [3.63, 3.8) is 0 Å². The molecule has 2 aromatic rings. The second kappa shape index (κ2) is 7.54. The quantitative estimate of drug-likeness (QED) is 0.283. The monoisotopic (exact) mass is 358 g/mol. The summed E-state index contributed by atoms with van der Waals surface area (Å²) in [5.41, 5.74) is 9.69. The molecule has 0 amide bonds. The van der Waals surface area contributed by atoms with Crippen LogP contribution < -0.4 is 17.0 Å². The zero-order valence-electron chi connectivity index (χ0n) is 12.8. The molecule has 4 atom stereocenters. The van der Waals surface area contributed by atoms with Gasteiger partial charge in [-0.3, -0.25) is 19.1 Å². The first kappa shape index (κ1) is 18.8. The van der Waals surface area contributed by atoms with E-state index in [0.29, 0.717) is 0 Å². The van der Waals surface area contributed by atoms with Crippen molar-refractivity contribution >= 4 is 23.1 Å². The van der Waals surface area contributed by atoms with Crippen LogP contribution in [0.25, 0.3) is 11.2 Å². The molecule has 0 aromatic carbocycles. The van der Waals surface area contributed by atoms with Crippen molar-refractivity contribution in [3.05, 3.63) is 16.7 Å². The van der Waals surface area contributed by atoms with Gasteiger partial charge in [-0.15, -0.1) is 0 Å². The molecule has 1 aliphatic heterocycles. The zero-order valence-corrected chi connectivity index (χ0v) is 12.8. The van der Waals surface area contributed by atoms with E-state index < -0.39 is 42.7 Å². The Kier molecular flexibility index (Phi) is 5.66. The molecule has 0 aliphatic carbocycles. The number of nitrogens with one attached hydrogen (secondary N) is 1. The number of carbonyl (C=O) groups is 1. The van der Waals surface area contributed by atoms with Crippen LogP contribution in [0.5, 0.6) is 0 Å². The molecule has 0 unspecified atom stereocenters. The predicted octanol–water partition coefficient (Wildman–Crippen LogP) is -3.66. The van der Waals surface area contributed by atoms with E-state index >= 15 is 0 Å². The molecular formula is C12H18N6O7. The summed E-state index contributed by atoms with van der Waals surface area (Å²) in [7, 11) is 0. The fourth-order valence-corrected chi connectivity index (χ4v) is 2.24. The number of anilines is 1. The highest BCUT2D eigenvalue weighted by Gasteiger charge is 2.44. The van der Waals surface area contributed by atoms with E-state index in [1.54, 1.807) is 0 Å². The standard InChI is InChI=1S/C10H13N5O5.C2H5NO2/c11-10-13-7-4(8(19)14-10)12-2-15(7)9-6(18)5(17)3(1-16)20-9;3-1-2(4)5/h2-3,5-6,9,16-18H,1H2,(H3,11,13,14,19);1,3H2,(H,4,5)/t3-,5-,6-,9-;/m1./s1. The van der Waals surface area contributed by atoms with Crippen LogP contribution in [0.2, 0.25) is 0 Å². The van der Waals surface area contributed by atoms with Crippen molar-refractivity contribution in [1.29, 1.82) is 0 Å². The molecule has 13 nitrogen and oxygen atoms in total. The maximum Gasteiger partial charge on any atom is 0.317 e. The summed E-state index contributed by atoms with van der Waals surface area (Å²) in [5, 5.41) is 36.3. The number of aromatic amines is 1. The Morgan fingerprint density at radius 3 is 2.56 bits per heavy atom. The fourth-order valence-electron chi connectivity index (χ4n) is 2.24. The fraction of sp³-hybridized carbons (Fsp3) is 0.500. The Morgan fingerprint density at radius 1 is 1.40 bits per heavy atom. The molecule has 1 aliphatic rings. The summed E-state index contributed by atoms with van der Waals surface area (Å²) in [6.45, 7) is -0.725. The van der Waals surface area contributed by atoms with Gasteiger partial charge < -0.3 is 36.6 Å². The van der Waals surface area contributed by atoms with E-state index in [4.69, 9.17) is 20.7 Å². The lowest BCUT2D eigenvalue weighted by Crippen LogP contribution is -2.33. The summed E-state index contributed by atoms with van der Waals surface area (Å²) in [5.74, 6) is -1.07. The van der Waals surface area contributed by atoms with Crippen molar-refractivity contribution in [2.75, 3.05) is 18.9 Å². The van der Waals surface area contributed by atoms with Gasteiger partial charge in [-0.1, -0.05) is 0 Å². The summed E-state index contributed by atoms with van der Waals surface area (Å²) < 4.78 is 6.64. The van der Waals surface area contributed by atoms with Crippen LogP contribution in [-0.2, 0) is 9.53 Å². The number of aliphatic hydroxyl groups is 3. The Bertz CT molecular complexity index is 805. The van der Waals surface area contributed by atoms with Gasteiger partial charge in [-0.05, 0) is 0 Å². The van der Waals surface area contributed by atoms with E-state index in [2.05, 4.69) is 20.7 Å². The van der Waals surface area contributed by atoms with Crippen LogP contribution in [0, 0.1) is 0 Å². The molecule has 13 heteroatoms. The number of fused-ring (bicyclic) bond motifs is 1. The number of aliphatic carboxylic acids is 1. The number of ether oxygens (including phenoxy) is 1. The van der Waals surface area contributed by atoms with Crippen LogP contribution in [0.4, 0.5) is 5.95 Å². The number of hydrogen-bond donors (Lipinski definition) is 7. The lowest BCUT2D eigenvalue weighted by Gasteiger charge is -2.16. The van der Waals surface area contributed by atoms with Gasteiger partial charge in [-0.25, -0.2) is 4.98 Å². The number of H-pyrrole nitrogens is 1. The zero-order chi connectivity index (χ0) is 18.7. The lowest BCUT2D eigenvalue weighted by molar-refractivity contribution is -0.135. The molecule has 25 heavy (non-hydrogen) atoms. The van der Waals surface area contributed by atoms with E-state index in [0.717, 1.165) is 0 Å². The third-order valence-corrected chi connectivity index (χ3v) is 3.42. The minimum absolute atomic E-state index is 0.0388. The Balaban J connectivity index is 0.000000399. The van der Waals surface area contributed by atoms with Crippen molar-refractivity contribution in [2.24, 2.45) is 5.73 Å². The highest BCUT2D eigenvalue weighted by Crippen LogP contribution is 2.30. The summed E-state index contributed by atoms with van der Waals surface area (Å²) >= 11 is 0. The van der Waals surface area contributed by atoms with Crippen LogP contribution in [0.3, 0.4) is 0 Å². The molecule has 0 bridgehead atoms. The number of nitrogens with two attached hydrogens (primary N) is 2. The molecule has 0 radical (unpaired) electrons. The van der Waals surface area contributed by atoms with Crippen molar-refractivity contribution < 1.29 is 30.0 Å². The molecule has 3 rings (SSSR count). The second-order valence-electron chi connectivity index (χ2n) is 5.10. The molecule has 9 N–H and O–H groups in total. The average Bonchev–Trinajstić information content (AvgIpc) is 3.10. The molecule has 138 valence electrons. The largest absolute Gasteiger partial charge is 0.480 e. The van der Waals surface area contributed by atoms with Crippen LogP contribution >= 0.6 is 0 Å². The average molecular weight is 358 g/mol. The number of nitrogen functional groups attached to an aromatic ring is 1. The van der Waals surface area contributed by atoms with Crippen LogP contribution in [0.1, 0.15) is 6.23 Å². The van der Waals surface area contributed by atoms with Gasteiger partial charge in [0.1, 0.15) is 18.3 Å². The number of aliphatic hydroxyl groups excluding tert-OH is 3. The highest BCUT2D eigenvalue weighted by molar-refractivity contribution is 5.70. The maximum absolute atomic E-state index is 11.7. The molecule has 2 aromatic heterocycles. The molecule has 1 fully saturated rings. The van der Waals surface area contributed by atoms with Crippen LogP contribution in [-0.4, -0.2) is 77.4 Å². The lowest BCUT2D eigenvalue weighted by atomic mass is 10.1. The molecular weight excluding hydrogens is 340 g/mol. The predicted molar refractivity (Wildman–Crippen MR) is 82.3 cm³/mol. The molecule has 3 heterocycles. The Hall–Kier alpha value is -2.58. The van der Waals surface area contributed by atoms with Gasteiger partial charge >= 0.3 is 5.97 Å². The van der Waals surface area contributed by atoms with E-state index in [1.165, 1.54) is 10.9 Å². The van der Waals surface area contributed by atoms with Gasteiger partial charge in [0.25, 0.3) is 5.56 Å². The van der Waals surface area contributed by atoms with Gasteiger partial charge in [-0.2, -0.15) is 4.98 Å². The Morgan fingerprint density at radius 2 is 2.04 bits per heavy atom. The topological polar surface area (TPSA) is 223 Å². The van der Waals surface area contributed by atoms with Gasteiger partial charge in [0.15, 0.2) is 17.4 Å². The SMILES string of the molecule is NCC(=O)O.Nc1nc2c(ncn2[C@@H]2O[C@H](CO)[C@@H](O)[C@H]2O)c(=O)[nH]1. The number of rotatable bonds is 3. The second-order valence-corrected chi connectivity index (χ2v) is 5.10. The van der Waals surface area contributed by atoms with Crippen molar-refractivity contribution in [3.8, 4) is 0 Å². The minimum atomic E-state index is -1.29.